The molecule has 0 atom stereocenters. The van der Waals surface area contributed by atoms with E-state index in [4.69, 9.17) is 0 Å². The summed E-state index contributed by atoms with van der Waals surface area (Å²) in [6.07, 6.45) is 8.72. The van der Waals surface area contributed by atoms with E-state index in [1.165, 1.54) is 64.3 Å². The van der Waals surface area contributed by atoms with E-state index in [-0.39, 0.29) is 0 Å². The fraction of sp³-hybridized carbons (Fsp3) is 0.0270. The molecule has 0 saturated heterocycles. The van der Waals surface area contributed by atoms with Gasteiger partial charge in [-0.2, -0.15) is 0 Å². The van der Waals surface area contributed by atoms with Gasteiger partial charge in [-0.3, -0.25) is 0 Å². The van der Waals surface area contributed by atoms with Crippen LogP contribution in [0.1, 0.15) is 18.4 Å². The Morgan fingerprint density at radius 2 is 0.922 bits per heavy atom. The minimum atomic E-state index is 0.935. The van der Waals surface area contributed by atoms with Crippen LogP contribution in [0.4, 0.5) is 34.1 Å². The number of hydrogen-bond donors (Lipinski definition) is 0. The zero-order valence-electron chi connectivity index (χ0n) is 42.3. The number of nitrogens with zero attached hydrogens (tertiary/aromatic N) is 2. The van der Waals surface area contributed by atoms with Crippen molar-refractivity contribution in [2.75, 3.05) is 9.80 Å². The van der Waals surface area contributed by atoms with Crippen molar-refractivity contribution in [3.8, 4) is 44.5 Å². The zero-order valence-corrected chi connectivity index (χ0v) is 43.1. The number of rotatable bonds is 11. The van der Waals surface area contributed by atoms with Crippen LogP contribution in [0.3, 0.4) is 0 Å². The normalized spacial score (nSPS) is 12.2. The van der Waals surface area contributed by atoms with Gasteiger partial charge in [0.1, 0.15) is 5.69 Å². The van der Waals surface area contributed by atoms with Crippen LogP contribution in [0, 0.1) is 12.1 Å². The Balaban J connectivity index is 0.965. The Morgan fingerprint density at radius 3 is 1.65 bits per heavy atom. The first kappa shape index (κ1) is 45.9. The topological polar surface area (TPSA) is 6.48 Å². The van der Waals surface area contributed by atoms with E-state index >= 15 is 0 Å². The van der Waals surface area contributed by atoms with Crippen molar-refractivity contribution in [2.45, 2.75) is 12.8 Å². The highest BCUT2D eigenvalue weighted by atomic mass is 32.1. The lowest BCUT2D eigenvalue weighted by atomic mass is 9.90. The molecule has 14 rings (SSSR count). The van der Waals surface area contributed by atoms with Gasteiger partial charge in [0.25, 0.3) is 0 Å². The molecule has 1 aliphatic carbocycles. The molecule has 77 heavy (non-hydrogen) atoms. The van der Waals surface area contributed by atoms with Crippen molar-refractivity contribution in [1.82, 2.24) is 0 Å². The van der Waals surface area contributed by atoms with Gasteiger partial charge in [0.05, 0.1) is 17.1 Å². The van der Waals surface area contributed by atoms with Crippen molar-refractivity contribution >= 4 is 92.8 Å². The molecule has 3 heteroatoms. The predicted octanol–water partition coefficient (Wildman–Crippen LogP) is 21.3. The highest BCUT2D eigenvalue weighted by Gasteiger charge is 2.25. The van der Waals surface area contributed by atoms with Crippen molar-refractivity contribution < 1.29 is 0 Å². The molecule has 12 aromatic carbocycles. The fourth-order valence-corrected chi connectivity index (χ4v) is 12.6. The molecule has 1 aliphatic rings. The lowest BCUT2D eigenvalue weighted by Gasteiger charge is -2.30. The Labute approximate surface area is 454 Å². The summed E-state index contributed by atoms with van der Waals surface area (Å²) in [6, 6.07) is 102. The molecule has 0 spiro atoms. The third-order valence-corrected chi connectivity index (χ3v) is 16.3. The number of thiophene rings is 1. The number of benzene rings is 11. The smallest absolute Gasteiger partial charge is 0.105 e. The van der Waals surface area contributed by atoms with E-state index in [0.717, 1.165) is 80.0 Å². The summed E-state index contributed by atoms with van der Waals surface area (Å²) in [5.41, 5.74) is 18.3. The van der Waals surface area contributed by atoms with Crippen LogP contribution >= 0.6 is 11.3 Å². The first-order valence-electron chi connectivity index (χ1n) is 26.5. The molecule has 0 amide bonds. The quantitative estimate of drug-likeness (QED) is 0.127. The number of fused-ring (bicyclic) bond motifs is 5. The second kappa shape index (κ2) is 19.9. The zero-order chi connectivity index (χ0) is 51.1. The molecule has 0 radical (unpaired) electrons. The Kier molecular flexibility index (Phi) is 11.8. The van der Waals surface area contributed by atoms with Crippen LogP contribution < -0.4 is 9.80 Å². The van der Waals surface area contributed by atoms with Gasteiger partial charge in [0.15, 0.2) is 0 Å². The van der Waals surface area contributed by atoms with Gasteiger partial charge >= 0.3 is 0 Å². The van der Waals surface area contributed by atoms with Crippen LogP contribution in [0.15, 0.2) is 279 Å². The van der Waals surface area contributed by atoms with E-state index in [0.29, 0.717) is 0 Å². The summed E-state index contributed by atoms with van der Waals surface area (Å²) in [5, 5.41) is 7.20. The van der Waals surface area contributed by atoms with E-state index in [9.17, 15) is 0 Å². The molecule has 13 aromatic rings. The van der Waals surface area contributed by atoms with Gasteiger partial charge < -0.3 is 9.80 Å². The standard InChI is InChI=1S/C74H50N2S/c1-5-20-51(21-6-1)52-36-40-59(41-37-52)75(70-47-44-61(53-22-7-2-8-23-53)63-31-15-16-32-64(63)70)71-45-38-57(48-67(71)55-24-9-3-10-25-55)58-39-46-72(68(49-58)56-26-11-4-12-27-56)76(69-34-19-29-54-28-13-14-30-62(54)69)60-42-43-66-65-33-17-18-35-73(65)77-74(66)50-60/h1-11,13-18,20-26,28-33,35-50H,12,27H2. The van der Waals surface area contributed by atoms with Crippen LogP contribution in [0.25, 0.3) is 91.8 Å². The molecule has 0 fully saturated rings. The fourth-order valence-electron chi connectivity index (χ4n) is 11.5. The van der Waals surface area contributed by atoms with Crippen molar-refractivity contribution in [2.24, 2.45) is 0 Å². The minimum Gasteiger partial charge on any atom is -0.309 e. The average Bonchev–Trinajstić information content (AvgIpc) is 3.92. The van der Waals surface area contributed by atoms with E-state index in [2.05, 4.69) is 295 Å². The molecular formula is C74H50N2S. The van der Waals surface area contributed by atoms with E-state index in [1.54, 1.807) is 0 Å². The summed E-state index contributed by atoms with van der Waals surface area (Å²) < 4.78 is 2.55. The summed E-state index contributed by atoms with van der Waals surface area (Å²) in [4.78, 5) is 4.89. The van der Waals surface area contributed by atoms with Gasteiger partial charge in [-0.25, -0.2) is 0 Å². The summed E-state index contributed by atoms with van der Waals surface area (Å²) in [7, 11) is 0. The maximum atomic E-state index is 3.63. The van der Waals surface area contributed by atoms with Crippen LogP contribution in [-0.4, -0.2) is 0 Å². The van der Waals surface area contributed by atoms with Gasteiger partial charge in [0, 0.05) is 53.4 Å². The maximum absolute atomic E-state index is 3.63. The first-order chi connectivity index (χ1) is 38.2. The molecule has 1 aromatic heterocycles. The largest absolute Gasteiger partial charge is 0.309 e. The van der Waals surface area contributed by atoms with Gasteiger partial charge in [0.2, 0.25) is 0 Å². The van der Waals surface area contributed by atoms with Crippen LogP contribution in [-0.2, 0) is 0 Å². The van der Waals surface area contributed by atoms with Crippen molar-refractivity contribution in [1.29, 1.82) is 0 Å². The molecule has 2 nitrogen and oxygen atoms in total. The minimum absolute atomic E-state index is 0.935. The van der Waals surface area contributed by atoms with Crippen LogP contribution in [0.5, 0.6) is 0 Å². The van der Waals surface area contributed by atoms with E-state index < -0.39 is 0 Å². The molecular weight excluding hydrogens is 949 g/mol. The number of allylic oxidation sites excluding steroid dienone is 4. The monoisotopic (exact) mass is 998 g/mol. The van der Waals surface area contributed by atoms with Gasteiger partial charge in [-0.15, -0.1) is 11.3 Å². The van der Waals surface area contributed by atoms with Gasteiger partial charge in [-0.1, -0.05) is 218 Å². The molecule has 0 bridgehead atoms. The molecule has 0 unspecified atom stereocenters. The highest BCUT2D eigenvalue weighted by molar-refractivity contribution is 7.25. The van der Waals surface area contributed by atoms with Crippen LogP contribution in [0.2, 0.25) is 0 Å². The maximum Gasteiger partial charge on any atom is 0.105 e. The molecule has 0 aliphatic heterocycles. The van der Waals surface area contributed by atoms with Gasteiger partial charge in [-0.05, 0) is 141 Å². The summed E-state index contributed by atoms with van der Waals surface area (Å²) >= 11 is 1.85. The third-order valence-electron chi connectivity index (χ3n) is 15.2. The number of hydrogen-bond acceptors (Lipinski definition) is 3. The Bertz CT molecular complexity index is 4380. The summed E-state index contributed by atoms with van der Waals surface area (Å²) in [6.45, 7) is 0. The van der Waals surface area contributed by atoms with Crippen molar-refractivity contribution in [3.05, 3.63) is 297 Å². The van der Waals surface area contributed by atoms with E-state index in [1.807, 2.05) is 17.4 Å². The second-order valence-electron chi connectivity index (χ2n) is 19.7. The predicted molar refractivity (Wildman–Crippen MR) is 329 cm³/mol. The second-order valence-corrected chi connectivity index (χ2v) is 20.8. The number of anilines is 6. The molecule has 1 heterocycles. The average molecular weight is 999 g/mol. The Morgan fingerprint density at radius 1 is 0.364 bits per heavy atom. The summed E-state index contributed by atoms with van der Waals surface area (Å²) in [5.74, 6) is 0. The molecule has 0 saturated carbocycles. The lowest BCUT2D eigenvalue weighted by Crippen LogP contribution is -2.13. The third kappa shape index (κ3) is 8.52. The molecule has 362 valence electrons. The first-order valence-corrected chi connectivity index (χ1v) is 27.3. The lowest BCUT2D eigenvalue weighted by molar-refractivity contribution is 1.05. The Hall–Kier alpha value is -9.72. The van der Waals surface area contributed by atoms with Crippen molar-refractivity contribution in [3.63, 3.8) is 0 Å². The highest BCUT2D eigenvalue weighted by Crippen LogP contribution is 2.49. The SMILES string of the molecule is c1cc2ccccc2c(N(c2ccc3c(c2)sc2ccccc23)c2ccc(-c3ccc(N(c4ccc(-c5ccccc5)cc4)c4ccc(-c5ccccc5)c5ccccc45)c(-c4ccccc4)c3)cc2C2=CC=CCC2)c#1. The molecule has 0 N–H and O–H groups in total.